The number of anilines is 1. The van der Waals surface area contributed by atoms with Gasteiger partial charge in [-0.05, 0) is 31.2 Å². The number of nitrogens with zero attached hydrogens (tertiary/aromatic N) is 2. The second-order valence-electron chi connectivity index (χ2n) is 7.43. The van der Waals surface area contributed by atoms with Crippen LogP contribution in [0.2, 0.25) is 0 Å². The van der Waals surface area contributed by atoms with Crippen molar-refractivity contribution in [2.45, 2.75) is 20.0 Å². The van der Waals surface area contributed by atoms with Gasteiger partial charge in [0, 0.05) is 42.5 Å². The van der Waals surface area contributed by atoms with Crippen LogP contribution in [0, 0.1) is 6.92 Å². The number of para-hydroxylation sites is 1. The zero-order valence-corrected chi connectivity index (χ0v) is 16.6. The lowest BCUT2D eigenvalue weighted by Gasteiger charge is -2.26. The van der Waals surface area contributed by atoms with Crippen molar-refractivity contribution in [3.8, 4) is 0 Å². The van der Waals surface area contributed by atoms with Crippen LogP contribution in [0.15, 0.2) is 59.5 Å². The van der Waals surface area contributed by atoms with E-state index in [1.54, 1.807) is 0 Å². The molecule has 0 aliphatic carbocycles. The number of morpholine rings is 1. The predicted molar refractivity (Wildman–Crippen MR) is 114 cm³/mol. The third-order valence-electron chi connectivity index (χ3n) is 5.21. The Labute approximate surface area is 169 Å². The molecule has 1 saturated heterocycles. The van der Waals surface area contributed by atoms with Crippen LogP contribution >= 0.6 is 0 Å². The molecule has 150 valence electrons. The first-order valence-electron chi connectivity index (χ1n) is 9.88. The van der Waals surface area contributed by atoms with Gasteiger partial charge in [-0.1, -0.05) is 29.8 Å². The lowest BCUT2D eigenvalue weighted by atomic mass is 10.1. The van der Waals surface area contributed by atoms with E-state index in [1.807, 2.05) is 66.2 Å². The molecule has 29 heavy (non-hydrogen) atoms. The Morgan fingerprint density at radius 1 is 1.07 bits per heavy atom. The van der Waals surface area contributed by atoms with Crippen LogP contribution in [-0.4, -0.2) is 41.7 Å². The minimum absolute atomic E-state index is 0.0299. The molecular formula is C23H25N3O3. The second kappa shape index (κ2) is 8.59. The lowest BCUT2D eigenvalue weighted by molar-refractivity contribution is -0.116. The fourth-order valence-electron chi connectivity index (χ4n) is 3.64. The number of pyridine rings is 1. The summed E-state index contributed by atoms with van der Waals surface area (Å²) < 4.78 is 7.27. The highest BCUT2D eigenvalue weighted by Crippen LogP contribution is 2.15. The number of benzene rings is 2. The molecule has 1 N–H and O–H groups in total. The van der Waals surface area contributed by atoms with E-state index < -0.39 is 0 Å². The SMILES string of the molecule is Cc1ccc(NC(=O)Cn2cc(CN3CCOCC3)c(=O)c3ccccc32)cc1. The molecule has 6 heteroatoms. The largest absolute Gasteiger partial charge is 0.379 e. The quantitative estimate of drug-likeness (QED) is 0.727. The Kier molecular flexibility index (Phi) is 5.74. The van der Waals surface area contributed by atoms with Gasteiger partial charge in [0.05, 0.1) is 18.7 Å². The van der Waals surface area contributed by atoms with Crippen molar-refractivity contribution in [3.05, 3.63) is 76.1 Å². The molecule has 1 amide bonds. The Hall–Kier alpha value is -2.96. The maximum absolute atomic E-state index is 13.0. The van der Waals surface area contributed by atoms with Crippen LogP contribution in [0.3, 0.4) is 0 Å². The van der Waals surface area contributed by atoms with Crippen LogP contribution in [0.4, 0.5) is 5.69 Å². The number of ether oxygens (including phenoxy) is 1. The molecule has 2 heterocycles. The summed E-state index contributed by atoms with van der Waals surface area (Å²) >= 11 is 0. The summed E-state index contributed by atoms with van der Waals surface area (Å²) in [5.41, 5.74) is 3.40. The van der Waals surface area contributed by atoms with E-state index in [2.05, 4.69) is 10.2 Å². The number of aromatic nitrogens is 1. The van der Waals surface area contributed by atoms with E-state index in [4.69, 9.17) is 4.74 Å². The number of nitrogens with one attached hydrogen (secondary N) is 1. The Balaban J connectivity index is 1.61. The van der Waals surface area contributed by atoms with Gasteiger partial charge in [0.2, 0.25) is 5.91 Å². The van der Waals surface area contributed by atoms with Gasteiger partial charge in [0.25, 0.3) is 0 Å². The summed E-state index contributed by atoms with van der Waals surface area (Å²) in [7, 11) is 0. The second-order valence-corrected chi connectivity index (χ2v) is 7.43. The molecule has 1 fully saturated rings. The Morgan fingerprint density at radius 2 is 1.79 bits per heavy atom. The molecule has 6 nitrogen and oxygen atoms in total. The maximum Gasteiger partial charge on any atom is 0.244 e. The average molecular weight is 391 g/mol. The molecule has 0 bridgehead atoms. The van der Waals surface area contributed by atoms with Gasteiger partial charge in [0.1, 0.15) is 6.54 Å². The number of hydrogen-bond donors (Lipinski definition) is 1. The van der Waals surface area contributed by atoms with Gasteiger partial charge < -0.3 is 14.6 Å². The monoisotopic (exact) mass is 391 g/mol. The smallest absolute Gasteiger partial charge is 0.244 e. The summed E-state index contributed by atoms with van der Waals surface area (Å²) in [6.45, 7) is 5.69. The first-order chi connectivity index (χ1) is 14.1. The number of hydrogen-bond acceptors (Lipinski definition) is 4. The van der Waals surface area contributed by atoms with Crippen molar-refractivity contribution in [1.82, 2.24) is 9.47 Å². The standard InChI is InChI=1S/C23H25N3O3/c1-17-6-8-19(9-7-17)24-22(27)16-26-15-18(14-25-10-12-29-13-11-25)23(28)20-4-2-3-5-21(20)26/h2-9,15H,10-14,16H2,1H3,(H,24,27). The molecule has 3 aromatic rings. The van der Waals surface area contributed by atoms with Crippen LogP contribution in [0.5, 0.6) is 0 Å². The number of carbonyl (C=O) groups is 1. The summed E-state index contributed by atoms with van der Waals surface area (Å²) in [6, 6.07) is 15.2. The number of fused-ring (bicyclic) bond motifs is 1. The molecule has 2 aromatic carbocycles. The van der Waals surface area contributed by atoms with Gasteiger partial charge in [0.15, 0.2) is 5.43 Å². The fraction of sp³-hybridized carbons (Fsp3) is 0.304. The molecule has 0 unspecified atom stereocenters. The van der Waals surface area contributed by atoms with Gasteiger partial charge in [-0.2, -0.15) is 0 Å². The summed E-state index contributed by atoms with van der Waals surface area (Å²) in [6.07, 6.45) is 1.83. The van der Waals surface area contributed by atoms with Crippen LogP contribution in [-0.2, 0) is 22.6 Å². The normalized spacial score (nSPS) is 14.8. The molecule has 1 aromatic heterocycles. The average Bonchev–Trinajstić information content (AvgIpc) is 2.74. The van der Waals surface area contributed by atoms with Crippen molar-refractivity contribution in [1.29, 1.82) is 0 Å². The van der Waals surface area contributed by atoms with Gasteiger partial charge >= 0.3 is 0 Å². The van der Waals surface area contributed by atoms with Crippen molar-refractivity contribution in [3.63, 3.8) is 0 Å². The number of amides is 1. The zero-order chi connectivity index (χ0) is 20.2. The lowest BCUT2D eigenvalue weighted by Crippen LogP contribution is -2.37. The van der Waals surface area contributed by atoms with Crippen molar-refractivity contribution >= 4 is 22.5 Å². The van der Waals surface area contributed by atoms with Crippen LogP contribution in [0.1, 0.15) is 11.1 Å². The van der Waals surface area contributed by atoms with E-state index in [9.17, 15) is 9.59 Å². The molecule has 0 saturated carbocycles. The molecule has 1 aliphatic heterocycles. The van der Waals surface area contributed by atoms with E-state index >= 15 is 0 Å². The van der Waals surface area contributed by atoms with Crippen molar-refractivity contribution < 1.29 is 9.53 Å². The fourth-order valence-corrected chi connectivity index (χ4v) is 3.64. The molecule has 0 radical (unpaired) electrons. The van der Waals surface area contributed by atoms with E-state index in [0.29, 0.717) is 30.7 Å². The highest BCUT2D eigenvalue weighted by molar-refractivity contribution is 5.91. The highest BCUT2D eigenvalue weighted by atomic mass is 16.5. The molecular weight excluding hydrogens is 366 g/mol. The van der Waals surface area contributed by atoms with Crippen LogP contribution < -0.4 is 10.7 Å². The van der Waals surface area contributed by atoms with Gasteiger partial charge in [-0.25, -0.2) is 0 Å². The summed E-state index contributed by atoms with van der Waals surface area (Å²) in [4.78, 5) is 27.9. The summed E-state index contributed by atoms with van der Waals surface area (Å²) in [5, 5.41) is 3.57. The van der Waals surface area contributed by atoms with E-state index in [1.165, 1.54) is 0 Å². The number of carbonyl (C=O) groups excluding carboxylic acids is 1. The predicted octanol–water partition coefficient (Wildman–Crippen LogP) is 2.78. The third-order valence-corrected chi connectivity index (χ3v) is 5.21. The Bertz CT molecular complexity index is 1070. The van der Waals surface area contributed by atoms with Gasteiger partial charge in [-0.3, -0.25) is 14.5 Å². The van der Waals surface area contributed by atoms with Crippen molar-refractivity contribution in [2.24, 2.45) is 0 Å². The van der Waals surface area contributed by atoms with Gasteiger partial charge in [-0.15, -0.1) is 0 Å². The maximum atomic E-state index is 13.0. The number of aryl methyl sites for hydroxylation is 1. The van der Waals surface area contributed by atoms with E-state index in [0.717, 1.165) is 29.9 Å². The topological polar surface area (TPSA) is 63.6 Å². The van der Waals surface area contributed by atoms with E-state index in [-0.39, 0.29) is 17.9 Å². The molecule has 0 atom stereocenters. The Morgan fingerprint density at radius 3 is 2.55 bits per heavy atom. The molecule has 0 spiro atoms. The highest BCUT2D eigenvalue weighted by Gasteiger charge is 2.16. The molecule has 1 aliphatic rings. The summed E-state index contributed by atoms with van der Waals surface area (Å²) in [5.74, 6) is -0.125. The minimum atomic E-state index is -0.125. The van der Waals surface area contributed by atoms with Crippen molar-refractivity contribution in [2.75, 3.05) is 31.6 Å². The minimum Gasteiger partial charge on any atom is -0.379 e. The third kappa shape index (κ3) is 4.55. The number of rotatable bonds is 5. The first-order valence-corrected chi connectivity index (χ1v) is 9.88. The first kappa shape index (κ1) is 19.4. The van der Waals surface area contributed by atoms with Crippen LogP contribution in [0.25, 0.3) is 10.9 Å². The zero-order valence-electron chi connectivity index (χ0n) is 16.6. The molecule has 4 rings (SSSR count).